The average molecular weight is 157 g/mol. The second kappa shape index (κ2) is 4.94. The molecule has 64 valence electrons. The van der Waals surface area contributed by atoms with Crippen LogP contribution in [0.4, 0.5) is 4.39 Å². The van der Waals surface area contributed by atoms with Crippen LogP contribution in [-0.2, 0) is 0 Å². The van der Waals surface area contributed by atoms with Crippen LogP contribution < -0.4 is 5.73 Å². The number of rotatable bonds is 3. The first-order chi connectivity index (χ1) is 5.11. The third kappa shape index (κ3) is 3.81. The zero-order valence-corrected chi connectivity index (χ0v) is 7.39. The van der Waals surface area contributed by atoms with E-state index in [0.717, 1.165) is 12.0 Å². The summed E-state index contributed by atoms with van der Waals surface area (Å²) < 4.78 is 13.0. The summed E-state index contributed by atoms with van der Waals surface area (Å²) in [5.74, 6) is -0.0865. The van der Waals surface area contributed by atoms with Gasteiger partial charge in [0.2, 0.25) is 0 Å². The Kier molecular flexibility index (Phi) is 4.59. The molecule has 2 N–H and O–H groups in total. The van der Waals surface area contributed by atoms with E-state index in [1.54, 1.807) is 6.92 Å². The van der Waals surface area contributed by atoms with Gasteiger partial charge >= 0.3 is 0 Å². The molecule has 1 nitrogen and oxygen atoms in total. The highest BCUT2D eigenvalue weighted by Gasteiger charge is 2.04. The van der Waals surface area contributed by atoms with Crippen LogP contribution >= 0.6 is 0 Å². The van der Waals surface area contributed by atoms with Gasteiger partial charge in [-0.15, -0.1) is 0 Å². The van der Waals surface area contributed by atoms with Gasteiger partial charge < -0.3 is 5.73 Å². The van der Waals surface area contributed by atoms with Crippen LogP contribution in [0.2, 0.25) is 0 Å². The second-order valence-electron chi connectivity index (χ2n) is 2.75. The van der Waals surface area contributed by atoms with Crippen LogP contribution in [0.25, 0.3) is 0 Å². The molecule has 0 aromatic heterocycles. The molecule has 0 aromatic carbocycles. The Labute approximate surface area is 67.8 Å². The Balaban J connectivity index is 4.21. The highest BCUT2D eigenvalue weighted by molar-refractivity contribution is 5.18. The van der Waals surface area contributed by atoms with E-state index < -0.39 is 0 Å². The lowest BCUT2D eigenvalue weighted by Gasteiger charge is -2.04. The monoisotopic (exact) mass is 157 g/mol. The molecule has 0 unspecified atom stereocenters. The normalized spacial score (nSPS) is 16.7. The van der Waals surface area contributed by atoms with E-state index in [4.69, 9.17) is 5.73 Å². The molecule has 0 rings (SSSR count). The van der Waals surface area contributed by atoms with Crippen LogP contribution in [-0.4, -0.2) is 0 Å². The molecule has 2 heteroatoms. The number of halogens is 1. The molecule has 1 atom stereocenters. The fraction of sp³-hybridized carbons (Fsp3) is 0.556. The Bertz CT molecular complexity index is 170. The minimum atomic E-state index is -0.0910. The lowest BCUT2D eigenvalue weighted by Crippen LogP contribution is -1.93. The first kappa shape index (κ1) is 10.2. The topological polar surface area (TPSA) is 26.0 Å². The summed E-state index contributed by atoms with van der Waals surface area (Å²) in [5.41, 5.74) is 5.96. The van der Waals surface area contributed by atoms with Crippen LogP contribution in [0.1, 0.15) is 27.2 Å². The van der Waals surface area contributed by atoms with Crippen molar-refractivity contribution in [1.82, 2.24) is 0 Å². The van der Waals surface area contributed by atoms with Gasteiger partial charge in [0.05, 0.1) is 0 Å². The predicted octanol–water partition coefficient (Wildman–Crippen LogP) is 2.75. The third-order valence-corrected chi connectivity index (χ3v) is 1.71. The van der Waals surface area contributed by atoms with E-state index in [2.05, 4.69) is 0 Å². The minimum Gasteiger partial charge on any atom is -0.404 e. The van der Waals surface area contributed by atoms with E-state index in [9.17, 15) is 4.39 Å². The van der Waals surface area contributed by atoms with Gasteiger partial charge in [0, 0.05) is 5.92 Å². The summed E-state index contributed by atoms with van der Waals surface area (Å²) in [6.45, 7) is 5.59. The molecule has 0 saturated carbocycles. The maximum absolute atomic E-state index is 13.0. The predicted molar refractivity (Wildman–Crippen MR) is 46.6 cm³/mol. The Morgan fingerprint density at radius 1 is 1.64 bits per heavy atom. The Morgan fingerprint density at radius 3 is 2.55 bits per heavy atom. The average Bonchev–Trinajstić information content (AvgIpc) is 2.02. The van der Waals surface area contributed by atoms with Crippen LogP contribution in [0, 0.1) is 5.92 Å². The maximum atomic E-state index is 13.0. The molecular weight excluding hydrogens is 141 g/mol. The molecule has 0 saturated heterocycles. The summed E-state index contributed by atoms with van der Waals surface area (Å²) in [7, 11) is 0. The summed E-state index contributed by atoms with van der Waals surface area (Å²) in [6.07, 6.45) is 3.70. The van der Waals surface area contributed by atoms with Gasteiger partial charge in [-0.2, -0.15) is 0 Å². The smallest absolute Gasteiger partial charge is 0.103 e. The van der Waals surface area contributed by atoms with Gasteiger partial charge in [-0.3, -0.25) is 0 Å². The van der Waals surface area contributed by atoms with Gasteiger partial charge in [-0.25, -0.2) is 4.39 Å². The van der Waals surface area contributed by atoms with E-state index in [0.29, 0.717) is 0 Å². The number of nitrogens with two attached hydrogens (primary N) is 1. The van der Waals surface area contributed by atoms with Crippen LogP contribution in [0.15, 0.2) is 23.7 Å². The summed E-state index contributed by atoms with van der Waals surface area (Å²) in [5, 5.41) is 0. The van der Waals surface area contributed by atoms with E-state index in [-0.39, 0.29) is 11.7 Å². The van der Waals surface area contributed by atoms with Gasteiger partial charge in [0.1, 0.15) is 5.83 Å². The second-order valence-corrected chi connectivity index (χ2v) is 2.75. The molecule has 11 heavy (non-hydrogen) atoms. The van der Waals surface area contributed by atoms with Crippen molar-refractivity contribution >= 4 is 0 Å². The van der Waals surface area contributed by atoms with Crippen molar-refractivity contribution in [1.29, 1.82) is 0 Å². The standard InChI is InChI=1S/C9H16FN/c1-4-8(3)9(10)5-7(2)6-11/h5-6,8H,4,11H2,1-3H3/b7-6-,9-5+/t8-/m0/s1. The zero-order valence-electron chi connectivity index (χ0n) is 7.39. The Morgan fingerprint density at radius 2 is 2.18 bits per heavy atom. The van der Waals surface area contributed by atoms with Gasteiger partial charge in [-0.1, -0.05) is 13.8 Å². The molecular formula is C9H16FN. The minimum absolute atomic E-state index is 0.00454. The summed E-state index contributed by atoms with van der Waals surface area (Å²) in [6, 6.07) is 0. The van der Waals surface area contributed by atoms with Crippen LogP contribution in [0.5, 0.6) is 0 Å². The maximum Gasteiger partial charge on any atom is 0.103 e. The molecule has 0 bridgehead atoms. The van der Waals surface area contributed by atoms with Crippen LogP contribution in [0.3, 0.4) is 0 Å². The third-order valence-electron chi connectivity index (χ3n) is 1.71. The van der Waals surface area contributed by atoms with Gasteiger partial charge in [0.15, 0.2) is 0 Å². The SMILES string of the molecule is CC[C@H](C)/C(F)=C\C(C)=C/N. The van der Waals surface area contributed by atoms with Crippen molar-refractivity contribution < 1.29 is 4.39 Å². The molecule has 0 aromatic rings. The largest absolute Gasteiger partial charge is 0.404 e. The molecule has 0 aliphatic carbocycles. The van der Waals surface area contributed by atoms with E-state index in [1.165, 1.54) is 12.3 Å². The molecule has 0 fully saturated rings. The molecule has 0 radical (unpaired) electrons. The van der Waals surface area contributed by atoms with Crippen molar-refractivity contribution in [3.8, 4) is 0 Å². The lowest BCUT2D eigenvalue weighted by atomic mass is 10.1. The van der Waals surface area contributed by atoms with Crippen molar-refractivity contribution in [3.05, 3.63) is 23.7 Å². The molecule has 0 spiro atoms. The Hall–Kier alpha value is -0.790. The quantitative estimate of drug-likeness (QED) is 0.626. The highest BCUT2D eigenvalue weighted by atomic mass is 19.1. The first-order valence-electron chi connectivity index (χ1n) is 3.87. The van der Waals surface area contributed by atoms with Crippen molar-refractivity contribution in [2.24, 2.45) is 11.7 Å². The molecule has 0 aliphatic rings. The lowest BCUT2D eigenvalue weighted by molar-refractivity contribution is 0.482. The summed E-state index contributed by atoms with van der Waals surface area (Å²) in [4.78, 5) is 0. The van der Waals surface area contributed by atoms with Gasteiger partial charge in [-0.05, 0) is 31.2 Å². The highest BCUT2D eigenvalue weighted by Crippen LogP contribution is 2.16. The molecule has 0 amide bonds. The summed E-state index contributed by atoms with van der Waals surface area (Å²) >= 11 is 0. The van der Waals surface area contributed by atoms with E-state index >= 15 is 0 Å². The first-order valence-corrected chi connectivity index (χ1v) is 3.87. The fourth-order valence-corrected chi connectivity index (χ4v) is 0.603. The molecule has 0 aliphatic heterocycles. The number of hydrogen-bond acceptors (Lipinski definition) is 1. The van der Waals surface area contributed by atoms with Gasteiger partial charge in [0.25, 0.3) is 0 Å². The van der Waals surface area contributed by atoms with E-state index in [1.807, 2.05) is 13.8 Å². The number of allylic oxidation sites excluding steroid dienone is 3. The number of hydrogen-bond donors (Lipinski definition) is 1. The van der Waals surface area contributed by atoms with Crippen molar-refractivity contribution in [2.75, 3.05) is 0 Å². The van der Waals surface area contributed by atoms with Crippen molar-refractivity contribution in [3.63, 3.8) is 0 Å². The molecule has 0 heterocycles. The fourth-order valence-electron chi connectivity index (χ4n) is 0.603. The van der Waals surface area contributed by atoms with Crippen molar-refractivity contribution in [2.45, 2.75) is 27.2 Å². The zero-order chi connectivity index (χ0) is 8.85.